The molecule has 2 heterocycles. The number of ether oxygens (including phenoxy) is 9. The summed E-state index contributed by atoms with van der Waals surface area (Å²) in [7, 11) is -3.85. The predicted octanol–water partition coefficient (Wildman–Crippen LogP) is 10.2. The van der Waals surface area contributed by atoms with Crippen molar-refractivity contribution in [3.05, 3.63) is 215 Å². The lowest BCUT2D eigenvalue weighted by Crippen LogP contribution is -2.64. The van der Waals surface area contributed by atoms with Gasteiger partial charge in [0.05, 0.1) is 65.6 Å². The Morgan fingerprint density at radius 3 is 1.26 bits per heavy atom. The molecule has 9 atom stereocenters. The van der Waals surface area contributed by atoms with Gasteiger partial charge in [0.2, 0.25) is 5.79 Å². The number of aliphatic hydroxyl groups excluding tert-OH is 1. The maximum Gasteiger partial charge on any atom is 0.333 e. The first-order chi connectivity index (χ1) is 35.4. The monoisotopic (exact) mass is 1000 g/mol. The van der Waals surface area contributed by atoms with Crippen LogP contribution in [0.25, 0.3) is 0 Å². The highest BCUT2D eigenvalue weighted by Gasteiger charge is 2.62. The van der Waals surface area contributed by atoms with E-state index >= 15 is 0 Å². The topological polar surface area (TPSA) is 139 Å². The summed E-state index contributed by atoms with van der Waals surface area (Å²) in [6, 6.07) is 58.6. The molecule has 0 aromatic heterocycles. The molecule has 14 heteroatoms. The van der Waals surface area contributed by atoms with Gasteiger partial charge in [-0.05, 0) is 47.2 Å². The van der Waals surface area contributed by atoms with E-state index in [-0.39, 0.29) is 65.6 Å². The highest BCUT2D eigenvalue weighted by Crippen LogP contribution is 2.51. The average molecular weight is 1000 g/mol. The Kier molecular flexibility index (Phi) is 20.3. The van der Waals surface area contributed by atoms with Gasteiger partial charge in [-0.25, -0.2) is 0 Å². The normalized spacial score (nSPS) is 24.3. The van der Waals surface area contributed by atoms with Crippen LogP contribution in [0.5, 0.6) is 0 Å². The highest BCUT2D eigenvalue weighted by atomic mass is 31.2. The van der Waals surface area contributed by atoms with E-state index in [2.05, 4.69) is 0 Å². The smallest absolute Gasteiger partial charge is 0.333 e. The summed E-state index contributed by atoms with van der Waals surface area (Å²) in [5.74, 6) is -1.84. The molecule has 2 aliphatic heterocycles. The second kappa shape index (κ2) is 27.4. The third-order valence-corrected chi connectivity index (χ3v) is 14.5. The van der Waals surface area contributed by atoms with Gasteiger partial charge in [-0.3, -0.25) is 4.57 Å². The maximum atomic E-state index is 14.8. The van der Waals surface area contributed by atoms with E-state index in [0.29, 0.717) is 0 Å². The Hall–Kier alpha value is -4.93. The molecule has 0 bridgehead atoms. The first-order valence-corrected chi connectivity index (χ1v) is 26.5. The lowest BCUT2D eigenvalue weighted by Gasteiger charge is -2.48. The van der Waals surface area contributed by atoms with E-state index < -0.39 is 69.0 Å². The SMILES string of the molecule is CCOP(=O)(C[C@H]1O[C@H](O[C@]2(COCc3ccccc3)O[C@H](CO)[C@@H](OCc3ccccc3)[C@@H]2OCc2ccccc2)[C@H](OCc2ccccc2)[C@@H](OCc2ccccc2)[C@@H]1OCc1ccccc1)OCC. The molecule has 0 saturated carbocycles. The van der Waals surface area contributed by atoms with Crippen LogP contribution in [0.4, 0.5) is 0 Å². The molecule has 13 nitrogen and oxygen atoms in total. The first-order valence-electron chi connectivity index (χ1n) is 24.8. The summed E-state index contributed by atoms with van der Waals surface area (Å²) >= 11 is 0. The van der Waals surface area contributed by atoms with E-state index in [9.17, 15) is 9.67 Å². The molecule has 0 amide bonds. The fourth-order valence-corrected chi connectivity index (χ4v) is 10.8. The van der Waals surface area contributed by atoms with Gasteiger partial charge in [0, 0.05) is 0 Å². The van der Waals surface area contributed by atoms with E-state index in [1.807, 2.05) is 182 Å². The van der Waals surface area contributed by atoms with Crippen LogP contribution in [0.1, 0.15) is 47.2 Å². The average Bonchev–Trinajstić information content (AvgIpc) is 3.71. The zero-order valence-corrected chi connectivity index (χ0v) is 41.9. The molecule has 8 rings (SSSR count). The lowest BCUT2D eigenvalue weighted by atomic mass is 9.97. The van der Waals surface area contributed by atoms with Crippen LogP contribution in [0.15, 0.2) is 182 Å². The van der Waals surface area contributed by atoms with Crippen molar-refractivity contribution < 1.29 is 61.4 Å². The summed E-state index contributed by atoms with van der Waals surface area (Å²) in [4.78, 5) is 0. The Bertz CT molecular complexity index is 2470. The van der Waals surface area contributed by atoms with Crippen LogP contribution in [-0.4, -0.2) is 92.5 Å². The van der Waals surface area contributed by atoms with Gasteiger partial charge < -0.3 is 56.8 Å². The Morgan fingerprint density at radius 2 is 0.847 bits per heavy atom. The molecule has 0 radical (unpaired) electrons. The molecule has 0 unspecified atom stereocenters. The van der Waals surface area contributed by atoms with Gasteiger partial charge in [-0.1, -0.05) is 182 Å². The largest absolute Gasteiger partial charge is 0.394 e. The van der Waals surface area contributed by atoms with Crippen molar-refractivity contribution in [3.63, 3.8) is 0 Å². The number of hydrogen-bond acceptors (Lipinski definition) is 13. The maximum absolute atomic E-state index is 14.8. The quantitative estimate of drug-likeness (QED) is 0.0467. The fourth-order valence-electron chi connectivity index (χ4n) is 8.99. The van der Waals surface area contributed by atoms with E-state index in [4.69, 9.17) is 51.7 Å². The van der Waals surface area contributed by atoms with Crippen LogP contribution >= 0.6 is 7.60 Å². The highest BCUT2D eigenvalue weighted by molar-refractivity contribution is 7.53. The van der Waals surface area contributed by atoms with E-state index in [0.717, 1.165) is 33.4 Å². The van der Waals surface area contributed by atoms with Crippen molar-refractivity contribution in [3.8, 4) is 0 Å². The van der Waals surface area contributed by atoms with Crippen LogP contribution < -0.4 is 0 Å². The third kappa shape index (κ3) is 14.9. The molecule has 2 aliphatic rings. The van der Waals surface area contributed by atoms with E-state index in [1.54, 1.807) is 13.8 Å². The summed E-state index contributed by atoms with van der Waals surface area (Å²) in [6.45, 7) is 4.07. The summed E-state index contributed by atoms with van der Waals surface area (Å²) in [5.41, 5.74) is 5.40. The van der Waals surface area contributed by atoms with Crippen molar-refractivity contribution in [1.29, 1.82) is 0 Å². The van der Waals surface area contributed by atoms with Crippen molar-refractivity contribution in [2.75, 3.05) is 32.6 Å². The van der Waals surface area contributed by atoms with Crippen LogP contribution in [0.2, 0.25) is 0 Å². The second-order valence-corrected chi connectivity index (χ2v) is 19.8. The molecule has 6 aromatic rings. The summed E-state index contributed by atoms with van der Waals surface area (Å²) in [6.07, 6.45) is -8.41. The zero-order chi connectivity index (χ0) is 49.9. The molecule has 2 saturated heterocycles. The number of hydrogen-bond donors (Lipinski definition) is 1. The Morgan fingerprint density at radius 1 is 0.472 bits per heavy atom. The second-order valence-electron chi connectivity index (χ2n) is 17.7. The fraction of sp³-hybridized carbons (Fsp3) is 0.379. The van der Waals surface area contributed by atoms with Gasteiger partial charge in [0.1, 0.15) is 49.3 Å². The molecule has 6 aromatic carbocycles. The van der Waals surface area contributed by atoms with Crippen LogP contribution in [-0.2, 0) is 95.9 Å². The lowest BCUT2D eigenvalue weighted by molar-refractivity contribution is -0.394. The Balaban J connectivity index is 1.24. The molecular formula is C58H67O13P. The standard InChI is InChI=1S/C58H67O13P/c1-3-67-72(60,68-4-2)42-51-52(62-37-45-25-13-6-14-26-45)54(64-39-47-29-17-8-18-30-47)55(65-40-48-31-19-9-20-32-48)57(69-51)71-58(43-61-36-44-23-11-5-12-24-44)56(66-41-49-33-21-10-22-34-49)53(50(35-59)70-58)63-38-46-27-15-7-16-28-46/h5-34,50-57,59H,3-4,35-43H2,1-2H3/t50-,51-,52-,53-,54+,55-,56+,57-,58+/m1/s1. The van der Waals surface area contributed by atoms with Crippen molar-refractivity contribution in [2.45, 2.75) is 108 Å². The van der Waals surface area contributed by atoms with E-state index in [1.165, 1.54) is 0 Å². The van der Waals surface area contributed by atoms with Crippen molar-refractivity contribution in [2.24, 2.45) is 0 Å². The first kappa shape index (κ1) is 53.4. The van der Waals surface area contributed by atoms with Gasteiger partial charge in [-0.15, -0.1) is 0 Å². The number of aliphatic hydroxyl groups is 1. The molecular weight excluding hydrogens is 936 g/mol. The number of benzene rings is 6. The van der Waals surface area contributed by atoms with Crippen molar-refractivity contribution in [1.82, 2.24) is 0 Å². The zero-order valence-electron chi connectivity index (χ0n) is 41.0. The van der Waals surface area contributed by atoms with Crippen LogP contribution in [0.3, 0.4) is 0 Å². The molecule has 382 valence electrons. The summed E-state index contributed by atoms with van der Waals surface area (Å²) < 4.78 is 89.5. The van der Waals surface area contributed by atoms with Gasteiger partial charge in [0.15, 0.2) is 6.29 Å². The minimum absolute atomic E-state index is 0.124. The minimum Gasteiger partial charge on any atom is -0.394 e. The predicted molar refractivity (Wildman–Crippen MR) is 271 cm³/mol. The van der Waals surface area contributed by atoms with Crippen molar-refractivity contribution >= 4 is 7.60 Å². The summed E-state index contributed by atoms with van der Waals surface area (Å²) in [5, 5.41) is 11.2. The van der Waals surface area contributed by atoms with Gasteiger partial charge in [0.25, 0.3) is 0 Å². The van der Waals surface area contributed by atoms with Gasteiger partial charge >= 0.3 is 7.60 Å². The molecule has 0 spiro atoms. The Labute approximate surface area is 423 Å². The van der Waals surface area contributed by atoms with Crippen LogP contribution in [0, 0.1) is 0 Å². The molecule has 72 heavy (non-hydrogen) atoms. The third-order valence-electron chi connectivity index (χ3n) is 12.4. The molecule has 2 fully saturated rings. The number of rotatable bonds is 28. The van der Waals surface area contributed by atoms with Gasteiger partial charge in [-0.2, -0.15) is 0 Å². The molecule has 1 N–H and O–H groups in total. The molecule has 0 aliphatic carbocycles. The minimum atomic E-state index is -3.85.